The van der Waals surface area contributed by atoms with Crippen LogP contribution in [0.1, 0.15) is 0 Å². The number of hydrogen-bond donors (Lipinski definition) is 0. The fourth-order valence-corrected chi connectivity index (χ4v) is 0.316. The average molecular weight is 166 g/mol. The van der Waals surface area contributed by atoms with Gasteiger partial charge >= 0.3 is 11.9 Å². The van der Waals surface area contributed by atoms with Crippen molar-refractivity contribution in [3.05, 3.63) is 24.6 Å². The summed E-state index contributed by atoms with van der Waals surface area (Å²) < 4.78 is 36.3. The van der Waals surface area contributed by atoms with Crippen LogP contribution in [0.3, 0.4) is 0 Å². The Balaban J connectivity index is 4.00. The molecule has 0 saturated carbocycles. The highest BCUT2D eigenvalue weighted by Crippen LogP contribution is 2.07. The molecule has 0 saturated heterocycles. The highest BCUT2D eigenvalue weighted by atomic mass is 19.1. The van der Waals surface area contributed by atoms with Crippen LogP contribution in [0.25, 0.3) is 0 Å². The first-order valence-electron chi connectivity index (χ1n) is 2.65. The Bertz CT molecular complexity index is 147. The molecule has 64 valence electrons. The van der Waals surface area contributed by atoms with Crippen molar-refractivity contribution in [3.63, 3.8) is 0 Å². The number of hydrogen-bond acceptors (Lipinski definition) is 3. The molecule has 0 rings (SSSR count). The SMILES string of the molecule is COC(=CF)OC(=CF)OC. The highest BCUT2D eigenvalue weighted by molar-refractivity contribution is 4.83. The minimum Gasteiger partial charge on any atom is -0.467 e. The Kier molecular flexibility index (Phi) is 4.89. The fraction of sp³-hybridized carbons (Fsp3) is 0.333. The van der Waals surface area contributed by atoms with Gasteiger partial charge in [-0.2, -0.15) is 0 Å². The van der Waals surface area contributed by atoms with Crippen LogP contribution >= 0.6 is 0 Å². The summed E-state index contributed by atoms with van der Waals surface area (Å²) in [5.41, 5.74) is 0. The standard InChI is InChI=1S/C6H8F2O3/c1-9-5(3-7)11-6(4-8)10-2/h3-4H,1-2H3. The second-order valence-electron chi connectivity index (χ2n) is 1.37. The molecule has 0 amide bonds. The first-order chi connectivity index (χ1) is 5.28. The maximum atomic E-state index is 11.7. The third kappa shape index (κ3) is 3.44. The van der Waals surface area contributed by atoms with Gasteiger partial charge in [-0.15, -0.1) is 0 Å². The topological polar surface area (TPSA) is 27.7 Å². The van der Waals surface area contributed by atoms with E-state index >= 15 is 0 Å². The average Bonchev–Trinajstić information content (AvgIpc) is 2.07. The van der Waals surface area contributed by atoms with E-state index in [1.807, 2.05) is 0 Å². The van der Waals surface area contributed by atoms with Gasteiger partial charge in [0.25, 0.3) is 0 Å². The lowest BCUT2D eigenvalue weighted by Crippen LogP contribution is -1.96. The van der Waals surface area contributed by atoms with Crippen molar-refractivity contribution in [2.45, 2.75) is 0 Å². The van der Waals surface area contributed by atoms with E-state index in [-0.39, 0.29) is 12.7 Å². The smallest absolute Gasteiger partial charge is 0.316 e. The zero-order valence-electron chi connectivity index (χ0n) is 6.14. The molecule has 0 N–H and O–H groups in total. The summed E-state index contributed by atoms with van der Waals surface area (Å²) in [5, 5.41) is 0. The number of rotatable bonds is 4. The molecular formula is C6H8F2O3. The van der Waals surface area contributed by atoms with Gasteiger partial charge < -0.3 is 14.2 Å². The molecule has 0 unspecified atom stereocenters. The van der Waals surface area contributed by atoms with E-state index in [9.17, 15) is 8.78 Å². The molecule has 0 radical (unpaired) electrons. The van der Waals surface area contributed by atoms with Crippen molar-refractivity contribution in [3.8, 4) is 0 Å². The minimum atomic E-state index is -0.476. The van der Waals surface area contributed by atoms with Crippen molar-refractivity contribution < 1.29 is 23.0 Å². The molecule has 0 aromatic carbocycles. The molecule has 0 spiro atoms. The minimum absolute atomic E-state index is 0.0442. The summed E-state index contributed by atoms with van der Waals surface area (Å²) in [6.07, 6.45) is 0.0883. The molecule has 0 aromatic rings. The third-order valence-electron chi connectivity index (χ3n) is 0.782. The van der Waals surface area contributed by atoms with Gasteiger partial charge in [-0.3, -0.25) is 0 Å². The molecule has 0 aliphatic carbocycles. The maximum Gasteiger partial charge on any atom is 0.316 e. The van der Waals surface area contributed by atoms with Crippen LogP contribution in [0.5, 0.6) is 0 Å². The molecule has 0 aromatic heterocycles. The molecule has 3 nitrogen and oxygen atoms in total. The van der Waals surface area contributed by atoms with Crippen LogP contribution in [-0.2, 0) is 14.2 Å². The predicted octanol–water partition coefficient (Wildman–Crippen LogP) is 1.83. The van der Waals surface area contributed by atoms with Gasteiger partial charge in [0.1, 0.15) is 0 Å². The zero-order chi connectivity index (χ0) is 8.69. The van der Waals surface area contributed by atoms with Gasteiger partial charge in [-0.05, 0) is 0 Å². The van der Waals surface area contributed by atoms with Crippen LogP contribution in [0, 0.1) is 0 Å². The van der Waals surface area contributed by atoms with Gasteiger partial charge in [0.2, 0.25) is 0 Å². The van der Waals surface area contributed by atoms with Gasteiger partial charge in [0, 0.05) is 0 Å². The van der Waals surface area contributed by atoms with E-state index in [1.165, 1.54) is 14.2 Å². The molecule has 5 heteroatoms. The lowest BCUT2D eigenvalue weighted by molar-refractivity contribution is 0.0191. The lowest BCUT2D eigenvalue weighted by atomic mass is 10.9. The molecule has 0 fully saturated rings. The van der Waals surface area contributed by atoms with Gasteiger partial charge in [0.05, 0.1) is 14.2 Å². The summed E-state index contributed by atoms with van der Waals surface area (Å²) in [5.74, 6) is -0.952. The summed E-state index contributed by atoms with van der Waals surface area (Å²) in [6, 6.07) is 0. The van der Waals surface area contributed by atoms with E-state index in [1.54, 1.807) is 0 Å². The Labute approximate surface area is 62.9 Å². The number of methoxy groups -OCH3 is 2. The van der Waals surface area contributed by atoms with E-state index in [0.717, 1.165) is 0 Å². The van der Waals surface area contributed by atoms with E-state index in [2.05, 4.69) is 14.2 Å². The fourth-order valence-electron chi connectivity index (χ4n) is 0.316. The summed E-state index contributed by atoms with van der Waals surface area (Å²) in [6.45, 7) is 0. The van der Waals surface area contributed by atoms with E-state index < -0.39 is 11.9 Å². The molecule has 11 heavy (non-hydrogen) atoms. The van der Waals surface area contributed by atoms with E-state index in [4.69, 9.17) is 0 Å². The normalized spacial score (nSPS) is 12.7. The van der Waals surface area contributed by atoms with Crippen LogP contribution < -0.4 is 0 Å². The summed E-state index contributed by atoms with van der Waals surface area (Å²) in [7, 11) is 2.36. The van der Waals surface area contributed by atoms with Gasteiger partial charge in [0.15, 0.2) is 12.7 Å². The third-order valence-corrected chi connectivity index (χ3v) is 0.782. The van der Waals surface area contributed by atoms with Crippen molar-refractivity contribution in [1.82, 2.24) is 0 Å². The van der Waals surface area contributed by atoms with Crippen LogP contribution in [0.2, 0.25) is 0 Å². The number of halogens is 2. The summed E-state index contributed by atoms with van der Waals surface area (Å²) >= 11 is 0. The van der Waals surface area contributed by atoms with Crippen LogP contribution in [0.15, 0.2) is 24.6 Å². The maximum absolute atomic E-state index is 11.7. The highest BCUT2D eigenvalue weighted by Gasteiger charge is 2.02. The van der Waals surface area contributed by atoms with Crippen LogP contribution in [0.4, 0.5) is 8.78 Å². The monoisotopic (exact) mass is 166 g/mol. The van der Waals surface area contributed by atoms with Gasteiger partial charge in [-0.25, -0.2) is 8.78 Å². The van der Waals surface area contributed by atoms with Gasteiger partial charge in [-0.1, -0.05) is 0 Å². The quantitative estimate of drug-likeness (QED) is 0.596. The molecule has 0 aliphatic heterocycles. The first-order valence-corrected chi connectivity index (χ1v) is 2.65. The van der Waals surface area contributed by atoms with Crippen molar-refractivity contribution >= 4 is 0 Å². The van der Waals surface area contributed by atoms with Crippen molar-refractivity contribution in [2.24, 2.45) is 0 Å². The summed E-state index contributed by atoms with van der Waals surface area (Å²) in [4.78, 5) is 0. The zero-order valence-corrected chi connectivity index (χ0v) is 6.14. The predicted molar refractivity (Wildman–Crippen MR) is 33.5 cm³/mol. The lowest BCUT2D eigenvalue weighted by Gasteiger charge is -2.06. The Morgan fingerprint density at radius 3 is 1.55 bits per heavy atom. The van der Waals surface area contributed by atoms with E-state index in [0.29, 0.717) is 0 Å². The first kappa shape index (κ1) is 9.74. The van der Waals surface area contributed by atoms with Crippen molar-refractivity contribution in [1.29, 1.82) is 0 Å². The number of ether oxygens (including phenoxy) is 3. The largest absolute Gasteiger partial charge is 0.467 e. The second kappa shape index (κ2) is 5.52. The Hall–Kier alpha value is -1.26. The van der Waals surface area contributed by atoms with Crippen LogP contribution in [-0.4, -0.2) is 14.2 Å². The van der Waals surface area contributed by atoms with Crippen molar-refractivity contribution in [2.75, 3.05) is 14.2 Å². The molecule has 0 bridgehead atoms. The molecule has 0 aliphatic rings. The molecule has 0 heterocycles. The second-order valence-corrected chi connectivity index (χ2v) is 1.37. The Morgan fingerprint density at radius 1 is 1.00 bits per heavy atom. The molecule has 0 atom stereocenters. The molecular weight excluding hydrogens is 158 g/mol. The Morgan fingerprint density at radius 2 is 1.36 bits per heavy atom.